The molecule has 0 heterocycles. The number of ether oxygens (including phenoxy) is 1. The number of anilines is 1. The summed E-state index contributed by atoms with van der Waals surface area (Å²) < 4.78 is 28.0. The Morgan fingerprint density at radius 3 is 2.25 bits per heavy atom. The number of hydrogen-bond donors (Lipinski definition) is 2. The fraction of sp³-hybridized carbons (Fsp3) is 0.167. The van der Waals surface area contributed by atoms with Crippen molar-refractivity contribution in [3.05, 3.63) is 58.6 Å². The molecule has 10 heteroatoms. The lowest BCUT2D eigenvalue weighted by Gasteiger charge is -2.14. The molecule has 2 rings (SSSR count). The standard InChI is InChI=1S/C18H17ClN2O6S/c1-10(17(23)12-3-5-13(6-4-12)21-11(2)22)27-18(24)15-9-14(28(20,25)26)7-8-16(15)19/h3-10H,1-2H3,(H,21,22)(H2,20,25,26). The van der Waals surface area contributed by atoms with Gasteiger partial charge in [0.15, 0.2) is 6.10 Å². The number of amides is 1. The van der Waals surface area contributed by atoms with Crippen LogP contribution in [0.3, 0.4) is 0 Å². The lowest BCUT2D eigenvalue weighted by Crippen LogP contribution is -2.25. The predicted octanol–water partition coefficient (Wildman–Crippen LogP) is 2.37. The van der Waals surface area contributed by atoms with Crippen LogP contribution in [0.15, 0.2) is 47.4 Å². The largest absolute Gasteiger partial charge is 0.451 e. The van der Waals surface area contributed by atoms with Crippen molar-refractivity contribution in [3.8, 4) is 0 Å². The zero-order valence-electron chi connectivity index (χ0n) is 14.9. The summed E-state index contributed by atoms with van der Waals surface area (Å²) in [5.74, 6) is -1.70. The maximum absolute atomic E-state index is 12.4. The molecule has 0 spiro atoms. The summed E-state index contributed by atoms with van der Waals surface area (Å²) in [6.45, 7) is 2.73. The molecule has 8 nitrogen and oxygen atoms in total. The Morgan fingerprint density at radius 2 is 1.71 bits per heavy atom. The number of carbonyl (C=O) groups is 3. The van der Waals surface area contributed by atoms with Crippen LogP contribution in [-0.4, -0.2) is 32.2 Å². The van der Waals surface area contributed by atoms with E-state index < -0.39 is 27.9 Å². The summed E-state index contributed by atoms with van der Waals surface area (Å²) in [6.07, 6.45) is -1.16. The molecule has 148 valence electrons. The minimum atomic E-state index is -4.04. The van der Waals surface area contributed by atoms with E-state index in [0.717, 1.165) is 12.1 Å². The zero-order valence-corrected chi connectivity index (χ0v) is 16.5. The molecule has 1 atom stereocenters. The first-order valence-corrected chi connectivity index (χ1v) is 9.86. The van der Waals surface area contributed by atoms with Gasteiger partial charge in [0.25, 0.3) is 0 Å². The summed E-state index contributed by atoms with van der Waals surface area (Å²) >= 11 is 5.92. The zero-order chi connectivity index (χ0) is 21.1. The van der Waals surface area contributed by atoms with Crippen molar-refractivity contribution in [2.45, 2.75) is 24.8 Å². The third-order valence-corrected chi connectivity index (χ3v) is 4.87. The van der Waals surface area contributed by atoms with Crippen LogP contribution < -0.4 is 10.5 Å². The molecule has 3 N–H and O–H groups in total. The van der Waals surface area contributed by atoms with Gasteiger partial charge in [-0.25, -0.2) is 18.4 Å². The molecular weight excluding hydrogens is 408 g/mol. The molecule has 0 bridgehead atoms. The van der Waals surface area contributed by atoms with Gasteiger partial charge in [-0.3, -0.25) is 9.59 Å². The average molecular weight is 425 g/mol. The fourth-order valence-corrected chi connectivity index (χ4v) is 3.01. The number of Topliss-reactive ketones (excluding diaryl/α,β-unsaturated/α-hetero) is 1. The van der Waals surface area contributed by atoms with E-state index in [-0.39, 0.29) is 27.0 Å². The number of halogens is 1. The van der Waals surface area contributed by atoms with E-state index in [0.29, 0.717) is 5.69 Å². The van der Waals surface area contributed by atoms with Crippen LogP contribution in [0.25, 0.3) is 0 Å². The number of nitrogens with two attached hydrogens (primary N) is 1. The quantitative estimate of drug-likeness (QED) is 0.540. The van der Waals surface area contributed by atoms with Crippen LogP contribution in [0.4, 0.5) is 5.69 Å². The summed E-state index contributed by atoms with van der Waals surface area (Å²) in [5.41, 5.74) is 0.549. The Kier molecular flexibility index (Phi) is 6.55. The van der Waals surface area contributed by atoms with Crippen molar-refractivity contribution in [1.29, 1.82) is 0 Å². The Bertz CT molecular complexity index is 1030. The van der Waals surface area contributed by atoms with Gasteiger partial charge in [-0.1, -0.05) is 11.6 Å². The minimum absolute atomic E-state index is 0.0447. The van der Waals surface area contributed by atoms with Crippen molar-refractivity contribution < 1.29 is 27.5 Å². The maximum atomic E-state index is 12.4. The lowest BCUT2D eigenvalue weighted by molar-refractivity contribution is -0.114. The molecule has 0 aromatic heterocycles. The second kappa shape index (κ2) is 8.51. The van der Waals surface area contributed by atoms with E-state index in [2.05, 4.69) is 5.32 Å². The van der Waals surface area contributed by atoms with Crippen LogP contribution >= 0.6 is 11.6 Å². The number of ketones is 1. The molecule has 28 heavy (non-hydrogen) atoms. The Balaban J connectivity index is 2.16. The maximum Gasteiger partial charge on any atom is 0.340 e. The van der Waals surface area contributed by atoms with Crippen LogP contribution in [0.1, 0.15) is 34.6 Å². The highest BCUT2D eigenvalue weighted by molar-refractivity contribution is 7.89. The molecule has 0 radical (unpaired) electrons. The Morgan fingerprint density at radius 1 is 1.11 bits per heavy atom. The van der Waals surface area contributed by atoms with Crippen molar-refractivity contribution in [1.82, 2.24) is 0 Å². The van der Waals surface area contributed by atoms with Gasteiger partial charge in [-0.15, -0.1) is 0 Å². The van der Waals surface area contributed by atoms with Gasteiger partial charge < -0.3 is 10.1 Å². The van der Waals surface area contributed by atoms with Crippen LogP contribution in [-0.2, 0) is 19.6 Å². The molecular formula is C18H17ClN2O6S. The molecule has 0 aliphatic rings. The Labute approximate surface area is 166 Å². The van der Waals surface area contributed by atoms with E-state index in [9.17, 15) is 22.8 Å². The number of nitrogens with one attached hydrogen (secondary N) is 1. The van der Waals surface area contributed by atoms with Gasteiger partial charge in [0.1, 0.15) is 0 Å². The number of hydrogen-bond acceptors (Lipinski definition) is 6. The molecule has 0 fully saturated rings. The number of rotatable bonds is 6. The second-order valence-electron chi connectivity index (χ2n) is 5.86. The van der Waals surface area contributed by atoms with Gasteiger partial charge in [0.05, 0.1) is 15.5 Å². The monoisotopic (exact) mass is 424 g/mol. The predicted molar refractivity (Wildman–Crippen MR) is 103 cm³/mol. The summed E-state index contributed by atoms with van der Waals surface area (Å²) in [5, 5.41) is 7.56. The molecule has 0 saturated carbocycles. The number of benzene rings is 2. The highest BCUT2D eigenvalue weighted by atomic mass is 35.5. The van der Waals surface area contributed by atoms with E-state index in [1.54, 1.807) is 0 Å². The number of carbonyl (C=O) groups excluding carboxylic acids is 3. The molecule has 0 aliphatic carbocycles. The van der Waals surface area contributed by atoms with Gasteiger partial charge in [0.2, 0.25) is 21.7 Å². The number of esters is 1. The fourth-order valence-electron chi connectivity index (χ4n) is 2.27. The van der Waals surface area contributed by atoms with E-state index in [4.69, 9.17) is 21.5 Å². The highest BCUT2D eigenvalue weighted by Gasteiger charge is 2.23. The van der Waals surface area contributed by atoms with Crippen LogP contribution in [0.2, 0.25) is 5.02 Å². The summed E-state index contributed by atoms with van der Waals surface area (Å²) in [7, 11) is -4.04. The third kappa shape index (κ3) is 5.38. The lowest BCUT2D eigenvalue weighted by atomic mass is 10.1. The SMILES string of the molecule is CC(=O)Nc1ccc(C(=O)C(C)OC(=O)c2cc(S(N)(=O)=O)ccc2Cl)cc1. The van der Waals surface area contributed by atoms with E-state index in [1.165, 1.54) is 44.2 Å². The smallest absolute Gasteiger partial charge is 0.340 e. The third-order valence-electron chi connectivity index (χ3n) is 3.63. The molecule has 0 aliphatic heterocycles. The Hall–Kier alpha value is -2.75. The summed E-state index contributed by atoms with van der Waals surface area (Å²) in [6, 6.07) is 9.37. The van der Waals surface area contributed by atoms with Crippen LogP contribution in [0.5, 0.6) is 0 Å². The molecule has 1 amide bonds. The van der Waals surface area contributed by atoms with Gasteiger partial charge in [0, 0.05) is 18.2 Å². The van der Waals surface area contributed by atoms with Gasteiger partial charge in [-0.05, 0) is 49.4 Å². The second-order valence-corrected chi connectivity index (χ2v) is 7.83. The first kappa shape index (κ1) is 21.5. The number of sulfonamides is 1. The topological polar surface area (TPSA) is 133 Å². The van der Waals surface area contributed by atoms with Crippen LogP contribution in [0, 0.1) is 0 Å². The number of primary sulfonamides is 1. The molecule has 2 aromatic carbocycles. The molecule has 1 unspecified atom stereocenters. The minimum Gasteiger partial charge on any atom is -0.451 e. The molecule has 2 aromatic rings. The summed E-state index contributed by atoms with van der Waals surface area (Å²) in [4.78, 5) is 35.5. The van der Waals surface area contributed by atoms with E-state index in [1.807, 2.05) is 0 Å². The van der Waals surface area contributed by atoms with Gasteiger partial charge in [-0.2, -0.15) is 0 Å². The van der Waals surface area contributed by atoms with Crippen molar-refractivity contribution in [3.63, 3.8) is 0 Å². The van der Waals surface area contributed by atoms with Crippen molar-refractivity contribution >= 4 is 45.0 Å². The van der Waals surface area contributed by atoms with E-state index >= 15 is 0 Å². The average Bonchev–Trinajstić information content (AvgIpc) is 2.60. The van der Waals surface area contributed by atoms with Crippen molar-refractivity contribution in [2.24, 2.45) is 5.14 Å². The first-order valence-electron chi connectivity index (χ1n) is 7.94. The van der Waals surface area contributed by atoms with Gasteiger partial charge >= 0.3 is 5.97 Å². The van der Waals surface area contributed by atoms with Crippen molar-refractivity contribution in [2.75, 3.05) is 5.32 Å². The highest BCUT2D eigenvalue weighted by Crippen LogP contribution is 2.22. The first-order chi connectivity index (χ1) is 13.0. The normalized spacial score (nSPS) is 12.1. The molecule has 0 saturated heterocycles.